The Hall–Kier alpha value is -1.46. The molecule has 2 N–H and O–H groups in total. The predicted molar refractivity (Wildman–Crippen MR) is 92.6 cm³/mol. The lowest BCUT2D eigenvalue weighted by molar-refractivity contribution is 0.0692. The minimum Gasteiger partial charge on any atom is -0.478 e. The number of carbonyl (C=O) groups excluding carboxylic acids is 1. The van der Waals surface area contributed by atoms with Crippen molar-refractivity contribution in [1.29, 1.82) is 0 Å². The highest BCUT2D eigenvalue weighted by Crippen LogP contribution is 2.41. The molecule has 2 aromatic rings. The van der Waals surface area contributed by atoms with Crippen molar-refractivity contribution in [3.05, 3.63) is 61.0 Å². The Morgan fingerprint density at radius 3 is 1.96 bits per heavy atom. The average molecular weight is 393 g/mol. The largest absolute Gasteiger partial charge is 0.478 e. The number of benzene rings is 2. The highest BCUT2D eigenvalue weighted by atomic mass is 35.5. The van der Waals surface area contributed by atoms with Gasteiger partial charge in [0.1, 0.15) is 0 Å². The molecule has 8 heteroatoms. The number of hydrogen-bond acceptors (Lipinski definition) is 2. The van der Waals surface area contributed by atoms with Crippen LogP contribution in [0.15, 0.2) is 24.3 Å². The Labute approximate surface area is 151 Å². The van der Waals surface area contributed by atoms with Gasteiger partial charge in [0, 0.05) is 5.69 Å². The van der Waals surface area contributed by atoms with Crippen molar-refractivity contribution < 1.29 is 14.7 Å². The van der Waals surface area contributed by atoms with Gasteiger partial charge < -0.3 is 10.4 Å². The molecule has 0 aliphatic heterocycles. The fraction of sp³-hybridized carbons (Fsp3) is 0.0667. The summed E-state index contributed by atoms with van der Waals surface area (Å²) in [5.41, 5.74) is 0.450. The standard InChI is InChI=1S/C15H9Cl4NO3/c1-6-4-2-3-5-7(6)20-14(21)8-9(15(22)23)11(17)13(19)12(18)10(8)16/h2-5H,1H3,(H,20,21)(H,22,23). The molecule has 0 aliphatic carbocycles. The van der Waals surface area contributed by atoms with Crippen LogP contribution in [0.2, 0.25) is 20.1 Å². The molecular formula is C15H9Cl4NO3. The fourth-order valence-electron chi connectivity index (χ4n) is 1.94. The van der Waals surface area contributed by atoms with Crippen molar-refractivity contribution in [2.45, 2.75) is 6.92 Å². The molecule has 0 heterocycles. The Kier molecular flexibility index (Phi) is 5.42. The number of amides is 1. The zero-order chi connectivity index (χ0) is 17.3. The van der Waals surface area contributed by atoms with Crippen molar-refractivity contribution in [2.75, 3.05) is 5.32 Å². The molecule has 2 rings (SSSR count). The SMILES string of the molecule is Cc1ccccc1NC(=O)c1c(Cl)c(Cl)c(Cl)c(Cl)c1C(=O)O. The molecule has 0 bridgehead atoms. The van der Waals surface area contributed by atoms with E-state index in [2.05, 4.69) is 5.32 Å². The Morgan fingerprint density at radius 1 is 0.913 bits per heavy atom. The fourth-order valence-corrected chi connectivity index (χ4v) is 2.96. The molecule has 0 radical (unpaired) electrons. The lowest BCUT2D eigenvalue weighted by Gasteiger charge is -2.14. The maximum Gasteiger partial charge on any atom is 0.338 e. The van der Waals surface area contributed by atoms with Crippen molar-refractivity contribution in [3.63, 3.8) is 0 Å². The summed E-state index contributed by atoms with van der Waals surface area (Å²) in [7, 11) is 0. The third kappa shape index (κ3) is 3.40. The van der Waals surface area contributed by atoms with E-state index in [9.17, 15) is 14.7 Å². The van der Waals surface area contributed by atoms with Crippen molar-refractivity contribution in [1.82, 2.24) is 0 Å². The van der Waals surface area contributed by atoms with Crippen molar-refractivity contribution >= 4 is 64.0 Å². The van der Waals surface area contributed by atoms with E-state index in [0.717, 1.165) is 5.56 Å². The Bertz CT molecular complexity index is 821. The summed E-state index contributed by atoms with van der Waals surface area (Å²) in [6.07, 6.45) is 0. The van der Waals surface area contributed by atoms with Crippen LogP contribution in [0.1, 0.15) is 26.3 Å². The van der Waals surface area contributed by atoms with E-state index in [0.29, 0.717) is 5.69 Å². The van der Waals surface area contributed by atoms with Gasteiger partial charge in [0.05, 0.1) is 31.2 Å². The summed E-state index contributed by atoms with van der Waals surface area (Å²) in [6, 6.07) is 6.98. The monoisotopic (exact) mass is 391 g/mol. The lowest BCUT2D eigenvalue weighted by atomic mass is 10.1. The Balaban J connectivity index is 2.61. The first-order valence-electron chi connectivity index (χ1n) is 6.22. The summed E-state index contributed by atoms with van der Waals surface area (Å²) in [5, 5.41) is 10.9. The van der Waals surface area contributed by atoms with Crippen molar-refractivity contribution in [3.8, 4) is 0 Å². The second kappa shape index (κ2) is 6.97. The number of hydrogen-bond donors (Lipinski definition) is 2. The van der Waals surface area contributed by atoms with E-state index in [1.165, 1.54) is 0 Å². The third-order valence-corrected chi connectivity index (χ3v) is 4.90. The number of aryl methyl sites for hydroxylation is 1. The number of nitrogens with one attached hydrogen (secondary N) is 1. The number of carbonyl (C=O) groups is 2. The Morgan fingerprint density at radius 2 is 1.43 bits per heavy atom. The molecule has 0 saturated heterocycles. The molecule has 0 aromatic heterocycles. The van der Waals surface area contributed by atoms with Gasteiger partial charge in [0.25, 0.3) is 5.91 Å². The zero-order valence-electron chi connectivity index (χ0n) is 11.6. The number of halogens is 4. The number of aromatic carboxylic acids is 1. The smallest absolute Gasteiger partial charge is 0.338 e. The van der Waals surface area contributed by atoms with Gasteiger partial charge in [-0.3, -0.25) is 4.79 Å². The van der Waals surface area contributed by atoms with E-state index < -0.39 is 17.4 Å². The third-order valence-electron chi connectivity index (χ3n) is 3.10. The molecule has 23 heavy (non-hydrogen) atoms. The molecule has 1 amide bonds. The quantitative estimate of drug-likeness (QED) is 0.530. The summed E-state index contributed by atoms with van der Waals surface area (Å²) < 4.78 is 0. The molecule has 0 atom stereocenters. The van der Waals surface area contributed by atoms with Crippen LogP contribution < -0.4 is 5.32 Å². The van der Waals surface area contributed by atoms with E-state index in [4.69, 9.17) is 46.4 Å². The highest BCUT2D eigenvalue weighted by Gasteiger charge is 2.29. The van der Waals surface area contributed by atoms with Crippen molar-refractivity contribution in [2.24, 2.45) is 0 Å². The van der Waals surface area contributed by atoms with Gasteiger partial charge in [-0.15, -0.1) is 0 Å². The van der Waals surface area contributed by atoms with Gasteiger partial charge in [-0.05, 0) is 18.6 Å². The average Bonchev–Trinajstić information content (AvgIpc) is 2.50. The minimum absolute atomic E-state index is 0.182. The van der Waals surface area contributed by atoms with E-state index in [-0.39, 0.29) is 25.7 Å². The second-order valence-corrected chi connectivity index (χ2v) is 6.09. The molecule has 0 aliphatic rings. The van der Waals surface area contributed by atoms with Crippen LogP contribution in [0.4, 0.5) is 5.69 Å². The van der Waals surface area contributed by atoms with Gasteiger partial charge in [0.15, 0.2) is 0 Å². The van der Waals surface area contributed by atoms with Crippen LogP contribution in [-0.2, 0) is 0 Å². The topological polar surface area (TPSA) is 66.4 Å². The maximum atomic E-state index is 12.5. The number of para-hydroxylation sites is 1. The van der Waals surface area contributed by atoms with E-state index in [1.54, 1.807) is 31.2 Å². The number of anilines is 1. The molecule has 2 aromatic carbocycles. The predicted octanol–water partition coefficient (Wildman–Crippen LogP) is 5.56. The number of carboxylic acid groups (broad SMARTS) is 1. The van der Waals surface area contributed by atoms with Crippen LogP contribution >= 0.6 is 46.4 Å². The van der Waals surface area contributed by atoms with Crippen LogP contribution in [0.5, 0.6) is 0 Å². The highest BCUT2D eigenvalue weighted by molar-refractivity contribution is 6.54. The van der Waals surface area contributed by atoms with Gasteiger partial charge in [0.2, 0.25) is 0 Å². The maximum absolute atomic E-state index is 12.5. The summed E-state index contributed by atoms with van der Waals surface area (Å²) in [5.74, 6) is -2.19. The molecule has 0 spiro atoms. The van der Waals surface area contributed by atoms with Crippen LogP contribution in [0.25, 0.3) is 0 Å². The van der Waals surface area contributed by atoms with Crippen LogP contribution in [0, 0.1) is 6.92 Å². The van der Waals surface area contributed by atoms with Crippen LogP contribution in [-0.4, -0.2) is 17.0 Å². The molecule has 0 saturated carbocycles. The molecule has 4 nitrogen and oxygen atoms in total. The first kappa shape index (κ1) is 17.9. The second-order valence-electron chi connectivity index (χ2n) is 4.58. The van der Waals surface area contributed by atoms with E-state index >= 15 is 0 Å². The first-order valence-corrected chi connectivity index (χ1v) is 7.73. The molecule has 120 valence electrons. The van der Waals surface area contributed by atoms with Gasteiger partial charge in [-0.2, -0.15) is 0 Å². The van der Waals surface area contributed by atoms with Gasteiger partial charge >= 0.3 is 5.97 Å². The number of carboxylic acids is 1. The summed E-state index contributed by atoms with van der Waals surface area (Å²) in [4.78, 5) is 24.0. The molecule has 0 fully saturated rings. The van der Waals surface area contributed by atoms with Crippen LogP contribution in [0.3, 0.4) is 0 Å². The summed E-state index contributed by atoms with van der Waals surface area (Å²) in [6.45, 7) is 1.79. The summed E-state index contributed by atoms with van der Waals surface area (Å²) >= 11 is 23.7. The number of rotatable bonds is 3. The lowest BCUT2D eigenvalue weighted by Crippen LogP contribution is -2.18. The molecule has 0 unspecified atom stereocenters. The minimum atomic E-state index is -1.44. The zero-order valence-corrected chi connectivity index (χ0v) is 14.6. The van der Waals surface area contributed by atoms with E-state index in [1.807, 2.05) is 0 Å². The van der Waals surface area contributed by atoms with Gasteiger partial charge in [-0.25, -0.2) is 4.79 Å². The molecular weight excluding hydrogens is 384 g/mol. The normalized spacial score (nSPS) is 10.5. The first-order chi connectivity index (χ1) is 10.8. The van der Waals surface area contributed by atoms with Gasteiger partial charge in [-0.1, -0.05) is 64.6 Å².